The standard InChI is InChI=1S/C18H18N2O3/c1-3-22-13-9-12(10-14(11-13)23-4-2)17-19-16-8-6-5-7-15(16)18(21)20-17/h5-11H,3-4H2,1-2H3,(H,19,20,21). The van der Waals surface area contributed by atoms with E-state index in [1.54, 1.807) is 6.07 Å². The van der Waals surface area contributed by atoms with Crippen LogP contribution in [-0.4, -0.2) is 23.2 Å². The van der Waals surface area contributed by atoms with Crippen LogP contribution < -0.4 is 15.0 Å². The number of nitrogens with zero attached hydrogens (tertiary/aromatic N) is 1. The van der Waals surface area contributed by atoms with Crippen molar-refractivity contribution >= 4 is 10.9 Å². The first-order valence-corrected chi connectivity index (χ1v) is 7.61. The Bertz CT molecular complexity index is 863. The maximum Gasteiger partial charge on any atom is 0.259 e. The number of aromatic amines is 1. The number of nitrogens with one attached hydrogen (secondary N) is 1. The van der Waals surface area contributed by atoms with Gasteiger partial charge in [0, 0.05) is 11.6 Å². The molecule has 0 fully saturated rings. The zero-order valence-corrected chi connectivity index (χ0v) is 13.1. The molecule has 1 N–H and O–H groups in total. The number of rotatable bonds is 5. The van der Waals surface area contributed by atoms with Crippen molar-refractivity contribution in [3.8, 4) is 22.9 Å². The lowest BCUT2D eigenvalue weighted by Gasteiger charge is -2.10. The molecule has 0 bridgehead atoms. The zero-order valence-electron chi connectivity index (χ0n) is 13.1. The fourth-order valence-corrected chi connectivity index (χ4v) is 2.43. The molecule has 0 aliphatic heterocycles. The average Bonchev–Trinajstić information content (AvgIpc) is 2.55. The van der Waals surface area contributed by atoms with Crippen molar-refractivity contribution in [3.05, 3.63) is 52.8 Å². The van der Waals surface area contributed by atoms with Crippen LogP contribution in [0.2, 0.25) is 0 Å². The van der Waals surface area contributed by atoms with E-state index >= 15 is 0 Å². The molecule has 2 aromatic carbocycles. The molecule has 0 saturated carbocycles. The lowest BCUT2D eigenvalue weighted by atomic mass is 10.1. The van der Waals surface area contributed by atoms with Crippen LogP contribution in [0.25, 0.3) is 22.3 Å². The van der Waals surface area contributed by atoms with Gasteiger partial charge in [-0.15, -0.1) is 0 Å². The van der Waals surface area contributed by atoms with E-state index in [0.717, 1.165) is 5.56 Å². The van der Waals surface area contributed by atoms with Gasteiger partial charge in [0.05, 0.1) is 24.1 Å². The lowest BCUT2D eigenvalue weighted by Crippen LogP contribution is -2.09. The van der Waals surface area contributed by atoms with Gasteiger partial charge in [0.15, 0.2) is 0 Å². The van der Waals surface area contributed by atoms with Crippen LogP contribution in [0.5, 0.6) is 11.5 Å². The highest BCUT2D eigenvalue weighted by Crippen LogP contribution is 2.28. The third-order valence-corrected chi connectivity index (χ3v) is 3.39. The second kappa shape index (κ2) is 6.52. The minimum atomic E-state index is -0.162. The molecule has 1 aromatic heterocycles. The van der Waals surface area contributed by atoms with E-state index in [0.29, 0.717) is 41.4 Å². The van der Waals surface area contributed by atoms with Gasteiger partial charge in [0.1, 0.15) is 17.3 Å². The summed E-state index contributed by atoms with van der Waals surface area (Å²) in [6, 6.07) is 12.8. The Morgan fingerprint density at radius 1 is 1.00 bits per heavy atom. The highest BCUT2D eigenvalue weighted by Gasteiger charge is 2.09. The molecule has 118 valence electrons. The first-order valence-electron chi connectivity index (χ1n) is 7.61. The number of benzene rings is 2. The fourth-order valence-electron chi connectivity index (χ4n) is 2.43. The molecule has 0 amide bonds. The number of hydrogen-bond acceptors (Lipinski definition) is 4. The molecular formula is C18H18N2O3. The predicted octanol–water partition coefficient (Wildman–Crippen LogP) is 3.39. The smallest absolute Gasteiger partial charge is 0.259 e. The SMILES string of the molecule is CCOc1cc(OCC)cc(-c2nc3ccccc3c(=O)[nH]2)c1. The number of para-hydroxylation sites is 1. The second-order valence-corrected chi connectivity index (χ2v) is 4.99. The molecule has 5 nitrogen and oxygen atoms in total. The summed E-state index contributed by atoms with van der Waals surface area (Å²) in [5.74, 6) is 1.87. The van der Waals surface area contributed by atoms with E-state index in [1.165, 1.54) is 0 Å². The first-order chi connectivity index (χ1) is 11.2. The molecular weight excluding hydrogens is 292 g/mol. The predicted molar refractivity (Wildman–Crippen MR) is 90.1 cm³/mol. The van der Waals surface area contributed by atoms with Crippen molar-refractivity contribution in [2.45, 2.75) is 13.8 Å². The van der Waals surface area contributed by atoms with E-state index in [-0.39, 0.29) is 5.56 Å². The molecule has 3 aromatic rings. The summed E-state index contributed by atoms with van der Waals surface area (Å²) >= 11 is 0. The van der Waals surface area contributed by atoms with Crippen molar-refractivity contribution < 1.29 is 9.47 Å². The topological polar surface area (TPSA) is 64.2 Å². The van der Waals surface area contributed by atoms with Gasteiger partial charge in [-0.3, -0.25) is 4.79 Å². The Kier molecular flexibility index (Phi) is 4.28. The van der Waals surface area contributed by atoms with E-state index < -0.39 is 0 Å². The Morgan fingerprint density at radius 3 is 2.30 bits per heavy atom. The van der Waals surface area contributed by atoms with Gasteiger partial charge >= 0.3 is 0 Å². The van der Waals surface area contributed by atoms with Crippen molar-refractivity contribution in [3.63, 3.8) is 0 Å². The quantitative estimate of drug-likeness (QED) is 0.784. The highest BCUT2D eigenvalue weighted by molar-refractivity contribution is 5.79. The largest absolute Gasteiger partial charge is 0.494 e. The monoisotopic (exact) mass is 310 g/mol. The van der Waals surface area contributed by atoms with Crippen molar-refractivity contribution in [2.24, 2.45) is 0 Å². The van der Waals surface area contributed by atoms with Gasteiger partial charge in [0.2, 0.25) is 0 Å². The van der Waals surface area contributed by atoms with Gasteiger partial charge in [0.25, 0.3) is 5.56 Å². The van der Waals surface area contributed by atoms with Crippen LogP contribution in [0, 0.1) is 0 Å². The number of aromatic nitrogens is 2. The Balaban J connectivity index is 2.15. The number of H-pyrrole nitrogens is 1. The van der Waals surface area contributed by atoms with Crippen LogP contribution in [0.1, 0.15) is 13.8 Å². The van der Waals surface area contributed by atoms with Gasteiger partial charge in [-0.1, -0.05) is 12.1 Å². The summed E-state index contributed by atoms with van der Waals surface area (Å²) in [5, 5.41) is 0.572. The Labute approximate surface area is 133 Å². The van der Waals surface area contributed by atoms with E-state index in [2.05, 4.69) is 9.97 Å². The molecule has 5 heteroatoms. The first kappa shape index (κ1) is 15.1. The molecule has 23 heavy (non-hydrogen) atoms. The normalized spacial score (nSPS) is 10.7. The molecule has 1 heterocycles. The summed E-state index contributed by atoms with van der Waals surface area (Å²) in [7, 11) is 0. The number of ether oxygens (including phenoxy) is 2. The van der Waals surface area contributed by atoms with Gasteiger partial charge < -0.3 is 14.5 Å². The minimum absolute atomic E-state index is 0.162. The van der Waals surface area contributed by atoms with E-state index in [4.69, 9.17) is 9.47 Å². The van der Waals surface area contributed by atoms with Crippen molar-refractivity contribution in [1.82, 2.24) is 9.97 Å². The lowest BCUT2D eigenvalue weighted by molar-refractivity contribution is 0.323. The fraction of sp³-hybridized carbons (Fsp3) is 0.222. The van der Waals surface area contributed by atoms with Crippen molar-refractivity contribution in [1.29, 1.82) is 0 Å². The summed E-state index contributed by atoms with van der Waals surface area (Å²) in [5.41, 5.74) is 1.25. The Morgan fingerprint density at radius 2 is 1.65 bits per heavy atom. The summed E-state index contributed by atoms with van der Waals surface area (Å²) in [6.07, 6.45) is 0. The molecule has 0 radical (unpaired) electrons. The van der Waals surface area contributed by atoms with Crippen LogP contribution in [0.15, 0.2) is 47.3 Å². The molecule has 0 atom stereocenters. The zero-order chi connectivity index (χ0) is 16.2. The summed E-state index contributed by atoms with van der Waals surface area (Å²) < 4.78 is 11.1. The van der Waals surface area contributed by atoms with Gasteiger partial charge in [-0.05, 0) is 38.1 Å². The molecule has 0 aliphatic carbocycles. The number of fused-ring (bicyclic) bond motifs is 1. The third kappa shape index (κ3) is 3.18. The third-order valence-electron chi connectivity index (χ3n) is 3.39. The maximum atomic E-state index is 12.2. The van der Waals surface area contributed by atoms with E-state index in [9.17, 15) is 4.79 Å². The Hall–Kier alpha value is -2.82. The van der Waals surface area contributed by atoms with Crippen molar-refractivity contribution in [2.75, 3.05) is 13.2 Å². The minimum Gasteiger partial charge on any atom is -0.494 e. The second-order valence-electron chi connectivity index (χ2n) is 4.99. The summed E-state index contributed by atoms with van der Waals surface area (Å²) in [6.45, 7) is 4.94. The van der Waals surface area contributed by atoms with Crippen LogP contribution in [-0.2, 0) is 0 Å². The molecule has 0 unspecified atom stereocenters. The molecule has 0 saturated heterocycles. The van der Waals surface area contributed by atoms with Gasteiger partial charge in [-0.25, -0.2) is 4.98 Å². The summed E-state index contributed by atoms with van der Waals surface area (Å²) in [4.78, 5) is 19.6. The molecule has 3 rings (SSSR count). The maximum absolute atomic E-state index is 12.2. The van der Waals surface area contributed by atoms with Crippen LogP contribution >= 0.6 is 0 Å². The molecule has 0 spiro atoms. The molecule has 0 aliphatic rings. The number of hydrogen-bond donors (Lipinski definition) is 1. The van der Waals surface area contributed by atoms with Crippen LogP contribution in [0.3, 0.4) is 0 Å². The van der Waals surface area contributed by atoms with Gasteiger partial charge in [-0.2, -0.15) is 0 Å². The van der Waals surface area contributed by atoms with Crippen LogP contribution in [0.4, 0.5) is 0 Å². The highest BCUT2D eigenvalue weighted by atomic mass is 16.5. The van der Waals surface area contributed by atoms with E-state index in [1.807, 2.05) is 50.2 Å². The average molecular weight is 310 g/mol.